The summed E-state index contributed by atoms with van der Waals surface area (Å²) in [6.45, 7) is 18.0. The first kappa shape index (κ1) is 19.0. The molecule has 1 aromatic rings. The maximum Gasteiger partial charge on any atom is 0.0360 e. The standard InChI is InChI=1S/C12H18N2.2C2H6/c1-6-12-9(3)11(8-13-7-2)10(4)14(12)5;2*1-2/h7-8H,2,6H2,1,3-5H3;2*1-2H3. The van der Waals surface area contributed by atoms with E-state index < -0.39 is 0 Å². The summed E-state index contributed by atoms with van der Waals surface area (Å²) in [6, 6.07) is 0. The van der Waals surface area contributed by atoms with Crippen molar-refractivity contribution in [1.29, 1.82) is 0 Å². The molecule has 0 unspecified atom stereocenters. The van der Waals surface area contributed by atoms with Crippen LogP contribution in [-0.2, 0) is 13.5 Å². The fourth-order valence-corrected chi connectivity index (χ4v) is 1.88. The van der Waals surface area contributed by atoms with Gasteiger partial charge in [-0.1, -0.05) is 41.2 Å². The Kier molecular flexibility index (Phi) is 11.4. The zero-order valence-corrected chi connectivity index (χ0v) is 13.5. The molecule has 1 aromatic heterocycles. The second-order valence-corrected chi connectivity index (χ2v) is 3.44. The molecule has 0 saturated carbocycles. The summed E-state index contributed by atoms with van der Waals surface area (Å²) in [7, 11) is 2.10. The van der Waals surface area contributed by atoms with Crippen LogP contribution < -0.4 is 0 Å². The zero-order valence-electron chi connectivity index (χ0n) is 13.5. The van der Waals surface area contributed by atoms with E-state index in [0.717, 1.165) is 6.42 Å². The molecule has 104 valence electrons. The molecule has 2 nitrogen and oxygen atoms in total. The van der Waals surface area contributed by atoms with Gasteiger partial charge in [-0.2, -0.15) is 0 Å². The highest BCUT2D eigenvalue weighted by atomic mass is 15.0. The summed E-state index contributed by atoms with van der Waals surface area (Å²) in [5, 5.41) is 0. The summed E-state index contributed by atoms with van der Waals surface area (Å²) in [5.74, 6) is 0. The molecule has 0 bridgehead atoms. The zero-order chi connectivity index (χ0) is 14.7. The lowest BCUT2D eigenvalue weighted by atomic mass is 10.1. The van der Waals surface area contributed by atoms with Gasteiger partial charge in [-0.05, 0) is 25.8 Å². The Bertz CT molecular complexity index is 371. The first-order chi connectivity index (χ1) is 8.63. The van der Waals surface area contributed by atoms with Gasteiger partial charge in [0.25, 0.3) is 0 Å². The van der Waals surface area contributed by atoms with Gasteiger partial charge in [0.15, 0.2) is 0 Å². The van der Waals surface area contributed by atoms with Crippen LogP contribution in [0.3, 0.4) is 0 Å². The minimum Gasteiger partial charge on any atom is -0.351 e. The van der Waals surface area contributed by atoms with Crippen LogP contribution in [0.25, 0.3) is 0 Å². The quantitative estimate of drug-likeness (QED) is 0.684. The Morgan fingerprint density at radius 3 is 2.00 bits per heavy atom. The van der Waals surface area contributed by atoms with Crippen LogP contribution in [0.4, 0.5) is 0 Å². The van der Waals surface area contributed by atoms with Crippen molar-refractivity contribution in [3.8, 4) is 0 Å². The van der Waals surface area contributed by atoms with Gasteiger partial charge in [0.1, 0.15) is 0 Å². The minimum absolute atomic E-state index is 1.06. The molecule has 1 heterocycles. The van der Waals surface area contributed by atoms with Crippen molar-refractivity contribution in [3.05, 3.63) is 35.3 Å². The molecular formula is C16H30N2. The molecule has 0 spiro atoms. The lowest BCUT2D eigenvalue weighted by Gasteiger charge is -2.01. The summed E-state index contributed by atoms with van der Waals surface area (Å²) in [6.07, 6.45) is 4.51. The Balaban J connectivity index is 0. The molecule has 0 fully saturated rings. The Morgan fingerprint density at radius 1 is 1.17 bits per heavy atom. The number of aliphatic imine (C=N–C) groups is 1. The van der Waals surface area contributed by atoms with E-state index in [9.17, 15) is 0 Å². The van der Waals surface area contributed by atoms with E-state index in [4.69, 9.17) is 0 Å². The number of hydrogen-bond donors (Lipinski definition) is 0. The Hall–Kier alpha value is -1.31. The van der Waals surface area contributed by atoms with E-state index in [2.05, 4.69) is 44.0 Å². The normalized spacial score (nSPS) is 9.33. The fourth-order valence-electron chi connectivity index (χ4n) is 1.88. The largest absolute Gasteiger partial charge is 0.351 e. The predicted molar refractivity (Wildman–Crippen MR) is 84.8 cm³/mol. The molecule has 0 N–H and O–H groups in total. The first-order valence-electron chi connectivity index (χ1n) is 6.92. The molecule has 0 saturated heterocycles. The van der Waals surface area contributed by atoms with Gasteiger partial charge in [-0.3, -0.25) is 4.99 Å². The van der Waals surface area contributed by atoms with Crippen LogP contribution >= 0.6 is 0 Å². The predicted octanol–water partition coefficient (Wildman–Crippen LogP) is 4.82. The van der Waals surface area contributed by atoms with E-state index in [1.807, 2.05) is 33.9 Å². The van der Waals surface area contributed by atoms with E-state index in [1.165, 1.54) is 22.5 Å². The number of nitrogens with zero attached hydrogens (tertiary/aromatic N) is 2. The van der Waals surface area contributed by atoms with Crippen LogP contribution in [-0.4, -0.2) is 10.8 Å². The van der Waals surface area contributed by atoms with Gasteiger partial charge >= 0.3 is 0 Å². The molecule has 0 aliphatic heterocycles. The molecule has 2 heteroatoms. The summed E-state index contributed by atoms with van der Waals surface area (Å²) < 4.78 is 2.24. The minimum atomic E-state index is 1.06. The van der Waals surface area contributed by atoms with E-state index in [-0.39, 0.29) is 0 Å². The van der Waals surface area contributed by atoms with Crippen LogP contribution in [0.15, 0.2) is 17.8 Å². The van der Waals surface area contributed by atoms with Crippen LogP contribution in [0.2, 0.25) is 0 Å². The summed E-state index contributed by atoms with van der Waals surface area (Å²) in [4.78, 5) is 4.08. The highest BCUT2D eigenvalue weighted by molar-refractivity contribution is 5.84. The van der Waals surface area contributed by atoms with Gasteiger partial charge in [0.2, 0.25) is 0 Å². The average Bonchev–Trinajstić information content (AvgIpc) is 2.63. The number of aromatic nitrogens is 1. The summed E-state index contributed by atoms with van der Waals surface area (Å²) >= 11 is 0. The van der Waals surface area contributed by atoms with Crippen molar-refractivity contribution in [2.75, 3.05) is 0 Å². The van der Waals surface area contributed by atoms with Gasteiger partial charge < -0.3 is 4.57 Å². The van der Waals surface area contributed by atoms with E-state index >= 15 is 0 Å². The Morgan fingerprint density at radius 2 is 1.67 bits per heavy atom. The van der Waals surface area contributed by atoms with Gasteiger partial charge in [0, 0.05) is 36.4 Å². The molecule has 18 heavy (non-hydrogen) atoms. The lowest BCUT2D eigenvalue weighted by molar-refractivity contribution is 0.803. The number of rotatable bonds is 3. The average molecular weight is 250 g/mol. The van der Waals surface area contributed by atoms with E-state index in [0.29, 0.717) is 0 Å². The van der Waals surface area contributed by atoms with Crippen molar-refractivity contribution in [2.24, 2.45) is 12.0 Å². The van der Waals surface area contributed by atoms with Gasteiger partial charge in [-0.15, -0.1) is 0 Å². The topological polar surface area (TPSA) is 17.3 Å². The molecule has 0 aromatic carbocycles. The molecule has 0 radical (unpaired) electrons. The fraction of sp³-hybridized carbons (Fsp3) is 0.562. The van der Waals surface area contributed by atoms with Crippen molar-refractivity contribution in [3.63, 3.8) is 0 Å². The van der Waals surface area contributed by atoms with Crippen LogP contribution in [0.5, 0.6) is 0 Å². The SMILES string of the molecule is C=CN=Cc1c(C)c(CC)n(C)c1C.CC.CC. The maximum atomic E-state index is 4.08. The maximum absolute atomic E-state index is 4.08. The third-order valence-electron chi connectivity index (χ3n) is 2.78. The summed E-state index contributed by atoms with van der Waals surface area (Å²) in [5.41, 5.74) is 5.21. The monoisotopic (exact) mass is 250 g/mol. The third kappa shape index (κ3) is 4.52. The van der Waals surface area contributed by atoms with Crippen molar-refractivity contribution >= 4 is 6.21 Å². The lowest BCUT2D eigenvalue weighted by Crippen LogP contribution is -1.97. The molecule has 0 amide bonds. The van der Waals surface area contributed by atoms with Gasteiger partial charge in [0.05, 0.1) is 0 Å². The highest BCUT2D eigenvalue weighted by Gasteiger charge is 2.11. The molecule has 1 rings (SSSR count). The van der Waals surface area contributed by atoms with Crippen molar-refractivity contribution in [1.82, 2.24) is 4.57 Å². The molecule has 0 atom stereocenters. The molecule has 0 aliphatic rings. The van der Waals surface area contributed by atoms with Crippen molar-refractivity contribution in [2.45, 2.75) is 54.9 Å². The third-order valence-corrected chi connectivity index (χ3v) is 2.78. The smallest absolute Gasteiger partial charge is 0.0360 e. The van der Waals surface area contributed by atoms with Crippen molar-refractivity contribution < 1.29 is 0 Å². The number of hydrogen-bond acceptors (Lipinski definition) is 1. The van der Waals surface area contributed by atoms with Crippen LogP contribution in [0, 0.1) is 13.8 Å². The van der Waals surface area contributed by atoms with Crippen LogP contribution in [0.1, 0.15) is 57.1 Å². The first-order valence-corrected chi connectivity index (χ1v) is 6.92. The highest BCUT2D eigenvalue weighted by Crippen LogP contribution is 2.19. The van der Waals surface area contributed by atoms with Gasteiger partial charge in [-0.25, -0.2) is 0 Å². The second kappa shape index (κ2) is 10.8. The Labute approximate surface area is 113 Å². The molecular weight excluding hydrogens is 220 g/mol. The molecule has 0 aliphatic carbocycles. The van der Waals surface area contributed by atoms with E-state index in [1.54, 1.807) is 6.20 Å². The second-order valence-electron chi connectivity index (χ2n) is 3.44.